The van der Waals surface area contributed by atoms with Gasteiger partial charge >= 0.3 is 12.4 Å². The van der Waals surface area contributed by atoms with E-state index in [9.17, 15) is 35.9 Å². The molecule has 4 aromatic rings. The average molecular weight is 685 g/mol. The second kappa shape index (κ2) is 14.3. The molecule has 4 aromatic heterocycles. The minimum atomic E-state index is -4.51. The van der Waals surface area contributed by atoms with Gasteiger partial charge in [-0.3, -0.25) is 29.4 Å². The molecule has 2 amide bonds. The highest BCUT2D eigenvalue weighted by molar-refractivity contribution is 5.92. The van der Waals surface area contributed by atoms with Gasteiger partial charge in [0, 0.05) is 12.8 Å². The fourth-order valence-electron chi connectivity index (χ4n) is 4.41. The van der Waals surface area contributed by atoms with Gasteiger partial charge in [-0.15, -0.1) is 0 Å². The molecule has 17 heteroatoms. The summed E-state index contributed by atoms with van der Waals surface area (Å²) in [4.78, 5) is 40.3. The minimum absolute atomic E-state index is 0.0371. The number of nitrogens with one attached hydrogen (secondary N) is 2. The van der Waals surface area contributed by atoms with Crippen LogP contribution in [0.2, 0.25) is 0 Å². The first-order valence-electron chi connectivity index (χ1n) is 14.7. The SMILES string of the molecule is C=Cc1ccc2nc(NC(=O)CC(C)(C)C)n(CC(F)(F)F)c2n1.CC(C)(C)CC(=O)Nc1nc2ccc(CO)nc2n1CC(F)(F)F. The van der Waals surface area contributed by atoms with Gasteiger partial charge in [0.05, 0.1) is 18.0 Å². The molecule has 0 radical (unpaired) electrons. The number of aliphatic hydroxyl groups is 1. The molecule has 0 spiro atoms. The molecule has 0 unspecified atom stereocenters. The Morgan fingerprint density at radius 2 is 1.15 bits per heavy atom. The van der Waals surface area contributed by atoms with Gasteiger partial charge in [0.15, 0.2) is 11.3 Å². The molecule has 48 heavy (non-hydrogen) atoms. The van der Waals surface area contributed by atoms with Gasteiger partial charge in [-0.05, 0) is 41.2 Å². The van der Waals surface area contributed by atoms with Crippen molar-refractivity contribution in [1.29, 1.82) is 0 Å². The zero-order chi connectivity index (χ0) is 36.2. The molecule has 0 atom stereocenters. The summed E-state index contributed by atoms with van der Waals surface area (Å²) in [5.41, 5.74) is 0.544. The molecule has 0 aliphatic heterocycles. The summed E-state index contributed by atoms with van der Waals surface area (Å²) < 4.78 is 79.0. The van der Waals surface area contributed by atoms with E-state index in [1.165, 1.54) is 18.2 Å². The Bertz CT molecular complexity index is 1780. The summed E-state index contributed by atoms with van der Waals surface area (Å²) in [5.74, 6) is -1.20. The maximum atomic E-state index is 12.9. The molecule has 0 aromatic carbocycles. The number of halogens is 6. The van der Waals surface area contributed by atoms with Crippen LogP contribution in [0.1, 0.15) is 65.8 Å². The number of pyridine rings is 2. The van der Waals surface area contributed by atoms with E-state index >= 15 is 0 Å². The van der Waals surface area contributed by atoms with E-state index in [0.29, 0.717) is 5.69 Å². The van der Waals surface area contributed by atoms with Gasteiger partial charge in [0.2, 0.25) is 23.7 Å². The fraction of sp³-hybridized carbons (Fsp3) is 0.484. The molecule has 0 saturated heterocycles. The monoisotopic (exact) mass is 684 g/mol. The Hall–Kier alpha value is -4.54. The number of aromatic nitrogens is 6. The first-order valence-corrected chi connectivity index (χ1v) is 14.7. The normalized spacial score (nSPS) is 12.5. The van der Waals surface area contributed by atoms with Crippen molar-refractivity contribution >= 4 is 52.1 Å². The number of imidazole rings is 2. The summed E-state index contributed by atoms with van der Waals surface area (Å²) >= 11 is 0. The lowest BCUT2D eigenvalue weighted by molar-refractivity contribution is -0.140. The summed E-state index contributed by atoms with van der Waals surface area (Å²) in [6, 6.07) is 6.07. The number of hydrogen-bond donors (Lipinski definition) is 3. The van der Waals surface area contributed by atoms with Crippen LogP contribution in [0, 0.1) is 10.8 Å². The van der Waals surface area contributed by atoms with Crippen molar-refractivity contribution in [2.45, 2.75) is 86.4 Å². The van der Waals surface area contributed by atoms with E-state index in [1.807, 2.05) is 41.5 Å². The topological polar surface area (TPSA) is 140 Å². The lowest BCUT2D eigenvalue weighted by atomic mass is 9.92. The van der Waals surface area contributed by atoms with Crippen LogP contribution in [0.25, 0.3) is 28.4 Å². The standard InChI is InChI=1S/C16H19F3N4O.C15H19F3N4O2/c1-5-10-6-7-11-13(20-10)23(9-16(17,18)19)14(21-11)22-12(24)8-15(2,3)4;1-14(2,3)6-11(24)21-13-20-10-5-4-9(7-23)19-12(10)22(13)8-15(16,17)18/h5-7H,1,8-9H2,2-4H3,(H,21,22,24);4-5,23H,6-8H2,1-3H3,(H,20,21,24). The summed E-state index contributed by atoms with van der Waals surface area (Å²) in [6.07, 6.45) is -7.25. The highest BCUT2D eigenvalue weighted by Gasteiger charge is 2.33. The number of fused-ring (bicyclic) bond motifs is 2. The number of anilines is 2. The Morgan fingerprint density at radius 3 is 1.52 bits per heavy atom. The number of rotatable bonds is 8. The van der Waals surface area contributed by atoms with Gasteiger partial charge in [-0.25, -0.2) is 19.9 Å². The molecule has 4 heterocycles. The van der Waals surface area contributed by atoms with Crippen LogP contribution >= 0.6 is 0 Å². The zero-order valence-corrected chi connectivity index (χ0v) is 27.3. The van der Waals surface area contributed by atoms with Crippen LogP contribution in [-0.4, -0.2) is 58.3 Å². The van der Waals surface area contributed by atoms with E-state index < -0.39 is 43.9 Å². The molecule has 0 aliphatic rings. The van der Waals surface area contributed by atoms with Crippen LogP contribution in [0.4, 0.5) is 38.2 Å². The second-order valence-corrected chi connectivity index (χ2v) is 13.4. The number of hydrogen-bond acceptors (Lipinski definition) is 7. The number of carbonyl (C=O) groups excluding carboxylic acids is 2. The van der Waals surface area contributed by atoms with Gasteiger partial charge in [0.1, 0.15) is 24.1 Å². The molecule has 0 saturated carbocycles. The molecule has 262 valence electrons. The van der Waals surface area contributed by atoms with Crippen LogP contribution < -0.4 is 10.6 Å². The molecular weight excluding hydrogens is 646 g/mol. The largest absolute Gasteiger partial charge is 0.406 e. The third kappa shape index (κ3) is 11.3. The Kier molecular flexibility index (Phi) is 11.3. The Balaban J connectivity index is 0.000000260. The van der Waals surface area contributed by atoms with Crippen molar-refractivity contribution in [2.24, 2.45) is 10.8 Å². The van der Waals surface area contributed by atoms with Crippen molar-refractivity contribution in [1.82, 2.24) is 29.1 Å². The van der Waals surface area contributed by atoms with Crippen molar-refractivity contribution < 1.29 is 41.0 Å². The predicted octanol–water partition coefficient (Wildman–Crippen LogP) is 6.87. The van der Waals surface area contributed by atoms with Crippen LogP contribution in [0.5, 0.6) is 0 Å². The number of nitrogens with zero attached hydrogens (tertiary/aromatic N) is 6. The van der Waals surface area contributed by atoms with Crippen molar-refractivity contribution in [2.75, 3.05) is 10.6 Å². The smallest absolute Gasteiger partial charge is 0.390 e. The van der Waals surface area contributed by atoms with Crippen molar-refractivity contribution in [3.05, 3.63) is 42.2 Å². The third-order valence-electron chi connectivity index (χ3n) is 6.19. The van der Waals surface area contributed by atoms with Gasteiger partial charge in [0.25, 0.3) is 0 Å². The summed E-state index contributed by atoms with van der Waals surface area (Å²) in [7, 11) is 0. The van der Waals surface area contributed by atoms with E-state index in [1.54, 1.807) is 12.1 Å². The maximum Gasteiger partial charge on any atom is 0.406 e. The van der Waals surface area contributed by atoms with E-state index in [2.05, 4.69) is 37.1 Å². The highest BCUT2D eigenvalue weighted by atomic mass is 19.4. The van der Waals surface area contributed by atoms with E-state index in [-0.39, 0.29) is 63.6 Å². The van der Waals surface area contributed by atoms with Crippen LogP contribution in [-0.2, 0) is 29.3 Å². The molecule has 4 rings (SSSR count). The second-order valence-electron chi connectivity index (χ2n) is 13.4. The lowest BCUT2D eigenvalue weighted by Crippen LogP contribution is -2.24. The predicted molar refractivity (Wildman–Crippen MR) is 169 cm³/mol. The van der Waals surface area contributed by atoms with Crippen molar-refractivity contribution in [3.8, 4) is 0 Å². The third-order valence-corrected chi connectivity index (χ3v) is 6.19. The highest BCUT2D eigenvalue weighted by Crippen LogP contribution is 2.28. The molecule has 0 fully saturated rings. The van der Waals surface area contributed by atoms with Gasteiger partial charge in [-0.1, -0.05) is 48.1 Å². The molecule has 0 aliphatic carbocycles. The number of carbonyl (C=O) groups is 2. The van der Waals surface area contributed by atoms with Crippen LogP contribution in [0.3, 0.4) is 0 Å². The Labute approximate surface area is 272 Å². The number of aliphatic hydroxyl groups excluding tert-OH is 1. The molecule has 11 nitrogen and oxygen atoms in total. The first kappa shape index (κ1) is 37.9. The van der Waals surface area contributed by atoms with Gasteiger partial charge in [-0.2, -0.15) is 26.3 Å². The average Bonchev–Trinajstić information content (AvgIpc) is 3.40. The molecule has 3 N–H and O–H groups in total. The minimum Gasteiger partial charge on any atom is -0.390 e. The molecular formula is C31H38F6N8O3. The van der Waals surface area contributed by atoms with E-state index in [4.69, 9.17) is 5.11 Å². The van der Waals surface area contributed by atoms with Gasteiger partial charge < -0.3 is 5.11 Å². The fourth-order valence-corrected chi connectivity index (χ4v) is 4.41. The summed E-state index contributed by atoms with van der Waals surface area (Å²) in [6.45, 7) is 11.7. The summed E-state index contributed by atoms with van der Waals surface area (Å²) in [5, 5.41) is 14.0. The zero-order valence-electron chi connectivity index (χ0n) is 27.3. The number of alkyl halides is 6. The van der Waals surface area contributed by atoms with Crippen molar-refractivity contribution in [3.63, 3.8) is 0 Å². The number of amides is 2. The Morgan fingerprint density at radius 1 is 0.729 bits per heavy atom. The molecule has 0 bridgehead atoms. The van der Waals surface area contributed by atoms with Crippen LogP contribution in [0.15, 0.2) is 30.8 Å². The quantitative estimate of drug-likeness (QED) is 0.172. The van der Waals surface area contributed by atoms with E-state index in [0.717, 1.165) is 9.13 Å². The maximum absolute atomic E-state index is 12.9. The first-order chi connectivity index (χ1) is 22.0. The lowest BCUT2D eigenvalue weighted by Gasteiger charge is -2.17.